The summed E-state index contributed by atoms with van der Waals surface area (Å²) in [6.07, 6.45) is 0. The first-order valence-corrected chi connectivity index (χ1v) is 4.26. The van der Waals surface area contributed by atoms with Crippen molar-refractivity contribution in [3.63, 3.8) is 0 Å². The van der Waals surface area contributed by atoms with Crippen molar-refractivity contribution < 1.29 is 13.2 Å². The molecule has 0 saturated heterocycles. The maximum Gasteiger partial charge on any atom is 0.196 e. The number of tetrazole rings is 1. The molecule has 9 heteroatoms. The zero-order valence-corrected chi connectivity index (χ0v) is 9.09. The molecule has 0 radical (unpaired) electrons. The minimum Gasteiger partial charge on any atom is -0.324 e. The minimum absolute atomic E-state index is 0. The van der Waals surface area contributed by atoms with Gasteiger partial charge in [0.25, 0.3) is 0 Å². The van der Waals surface area contributed by atoms with Crippen molar-refractivity contribution in [1.29, 1.82) is 0 Å². The van der Waals surface area contributed by atoms with Gasteiger partial charge in [-0.25, -0.2) is 13.2 Å². The van der Waals surface area contributed by atoms with E-state index in [1.165, 1.54) is 0 Å². The van der Waals surface area contributed by atoms with Gasteiger partial charge in [0.2, 0.25) is 0 Å². The first-order chi connectivity index (χ1) is 7.65. The second-order valence-electron chi connectivity index (χ2n) is 2.91. The minimum atomic E-state index is -1.57. The number of benzene rings is 1. The summed E-state index contributed by atoms with van der Waals surface area (Å²) in [4.78, 5) is 0. The fraction of sp³-hybridized carbons (Fsp3) is 0.125. The van der Waals surface area contributed by atoms with Crippen molar-refractivity contribution in [3.8, 4) is 5.69 Å². The summed E-state index contributed by atoms with van der Waals surface area (Å²) in [6.45, 7) is -0.0502. The fourth-order valence-corrected chi connectivity index (χ4v) is 1.20. The van der Waals surface area contributed by atoms with Gasteiger partial charge in [0.05, 0.1) is 6.54 Å². The van der Waals surface area contributed by atoms with Crippen LogP contribution in [0.3, 0.4) is 0 Å². The number of rotatable bonds is 2. The van der Waals surface area contributed by atoms with Gasteiger partial charge in [-0.15, -0.1) is 17.5 Å². The van der Waals surface area contributed by atoms with E-state index in [2.05, 4.69) is 15.5 Å². The highest BCUT2D eigenvalue weighted by atomic mass is 35.5. The molecule has 0 aliphatic heterocycles. The second kappa shape index (κ2) is 5.11. The third-order valence-electron chi connectivity index (χ3n) is 1.96. The number of hydrogen-bond donors (Lipinski definition) is 1. The van der Waals surface area contributed by atoms with Gasteiger partial charge in [0.1, 0.15) is 5.69 Å². The van der Waals surface area contributed by atoms with Crippen LogP contribution in [0.2, 0.25) is 0 Å². The predicted molar refractivity (Wildman–Crippen MR) is 54.2 cm³/mol. The van der Waals surface area contributed by atoms with Gasteiger partial charge in [-0.1, -0.05) is 0 Å². The van der Waals surface area contributed by atoms with E-state index in [9.17, 15) is 13.2 Å². The van der Waals surface area contributed by atoms with Gasteiger partial charge >= 0.3 is 0 Å². The number of aromatic nitrogens is 4. The van der Waals surface area contributed by atoms with E-state index in [-0.39, 0.29) is 30.5 Å². The van der Waals surface area contributed by atoms with Crippen LogP contribution in [0.15, 0.2) is 12.1 Å². The Balaban J connectivity index is 0.00000144. The Kier molecular flexibility index (Phi) is 4.02. The molecule has 92 valence electrons. The third kappa shape index (κ3) is 2.22. The molecular formula is C8H7ClF3N5. The molecule has 2 aromatic rings. The van der Waals surface area contributed by atoms with Gasteiger partial charge in [0, 0.05) is 0 Å². The molecule has 0 bridgehead atoms. The molecule has 0 atom stereocenters. The lowest BCUT2D eigenvalue weighted by molar-refractivity contribution is 0.442. The lowest BCUT2D eigenvalue weighted by Crippen LogP contribution is -2.10. The van der Waals surface area contributed by atoms with Gasteiger partial charge in [-0.05, 0) is 22.6 Å². The maximum absolute atomic E-state index is 13.4. The molecule has 1 heterocycles. The summed E-state index contributed by atoms with van der Waals surface area (Å²) in [7, 11) is 0. The molecule has 0 aliphatic rings. The predicted octanol–water partition coefficient (Wildman–Crippen LogP) is 0.960. The topological polar surface area (TPSA) is 69.6 Å². The van der Waals surface area contributed by atoms with E-state index < -0.39 is 17.5 Å². The highest BCUT2D eigenvalue weighted by Crippen LogP contribution is 2.18. The molecule has 0 saturated carbocycles. The largest absolute Gasteiger partial charge is 0.324 e. The van der Waals surface area contributed by atoms with E-state index in [1.54, 1.807) is 0 Å². The third-order valence-corrected chi connectivity index (χ3v) is 1.96. The Morgan fingerprint density at radius 1 is 1.18 bits per heavy atom. The molecule has 2 rings (SSSR count). The molecular weight excluding hydrogens is 259 g/mol. The average molecular weight is 266 g/mol. The zero-order chi connectivity index (χ0) is 11.7. The summed E-state index contributed by atoms with van der Waals surface area (Å²) in [5.41, 5.74) is 5.01. The lowest BCUT2D eigenvalue weighted by Gasteiger charge is -2.05. The molecule has 0 amide bonds. The Labute approximate surface area is 99.8 Å². The quantitative estimate of drug-likeness (QED) is 0.821. The Bertz CT molecular complexity index is 530. The van der Waals surface area contributed by atoms with Gasteiger partial charge in [-0.3, -0.25) is 0 Å². The second-order valence-corrected chi connectivity index (χ2v) is 2.91. The van der Waals surface area contributed by atoms with Crippen LogP contribution in [0.1, 0.15) is 5.82 Å². The average Bonchev–Trinajstić information content (AvgIpc) is 2.74. The molecule has 5 nitrogen and oxygen atoms in total. The number of hydrogen-bond acceptors (Lipinski definition) is 4. The first-order valence-electron chi connectivity index (χ1n) is 4.26. The fourth-order valence-electron chi connectivity index (χ4n) is 1.20. The van der Waals surface area contributed by atoms with E-state index in [4.69, 9.17) is 5.73 Å². The zero-order valence-electron chi connectivity index (χ0n) is 8.27. The van der Waals surface area contributed by atoms with E-state index in [0.717, 1.165) is 16.8 Å². The van der Waals surface area contributed by atoms with Gasteiger partial charge in [0.15, 0.2) is 23.3 Å². The van der Waals surface area contributed by atoms with E-state index in [0.29, 0.717) is 0 Å². The van der Waals surface area contributed by atoms with Crippen LogP contribution in [-0.4, -0.2) is 20.2 Å². The molecule has 17 heavy (non-hydrogen) atoms. The maximum atomic E-state index is 13.4. The molecule has 1 aromatic heterocycles. The van der Waals surface area contributed by atoms with Crippen LogP contribution in [0.4, 0.5) is 13.2 Å². The van der Waals surface area contributed by atoms with Crippen molar-refractivity contribution in [1.82, 2.24) is 20.2 Å². The summed E-state index contributed by atoms with van der Waals surface area (Å²) in [6, 6.07) is 1.82. The highest BCUT2D eigenvalue weighted by molar-refractivity contribution is 5.85. The first kappa shape index (κ1) is 13.4. The molecule has 0 fully saturated rings. The summed E-state index contributed by atoms with van der Waals surface area (Å²) >= 11 is 0. The van der Waals surface area contributed by atoms with Gasteiger partial charge < -0.3 is 5.73 Å². The smallest absolute Gasteiger partial charge is 0.196 e. The van der Waals surface area contributed by atoms with Crippen molar-refractivity contribution in [2.24, 2.45) is 5.73 Å². The number of nitrogens with two attached hydrogens (primary N) is 1. The van der Waals surface area contributed by atoms with Crippen LogP contribution in [0.5, 0.6) is 0 Å². The van der Waals surface area contributed by atoms with Crippen molar-refractivity contribution in [2.45, 2.75) is 6.54 Å². The summed E-state index contributed by atoms with van der Waals surface area (Å²) in [5, 5.41) is 10.2. The normalized spacial score (nSPS) is 10.1. The van der Waals surface area contributed by atoms with Crippen molar-refractivity contribution in [3.05, 3.63) is 35.4 Å². The monoisotopic (exact) mass is 265 g/mol. The van der Waals surface area contributed by atoms with Crippen LogP contribution < -0.4 is 5.73 Å². The van der Waals surface area contributed by atoms with Crippen molar-refractivity contribution >= 4 is 12.4 Å². The van der Waals surface area contributed by atoms with Gasteiger partial charge in [-0.2, -0.15) is 4.68 Å². The summed E-state index contributed by atoms with van der Waals surface area (Å²) < 4.78 is 39.9. The summed E-state index contributed by atoms with van der Waals surface area (Å²) in [5.74, 6) is -4.06. The SMILES string of the molecule is Cl.NCc1nnnn1-c1ccc(F)c(F)c1F. The standard InChI is InChI=1S/C8H6F3N5.ClH/c9-4-1-2-5(8(11)7(4)10)16-6(3-12)13-14-15-16;/h1-2H,3,12H2;1H. The van der Waals surface area contributed by atoms with Crippen LogP contribution in [0.25, 0.3) is 5.69 Å². The Morgan fingerprint density at radius 3 is 2.53 bits per heavy atom. The highest BCUT2D eigenvalue weighted by Gasteiger charge is 2.17. The molecule has 2 N–H and O–H groups in total. The van der Waals surface area contributed by atoms with Crippen molar-refractivity contribution in [2.75, 3.05) is 0 Å². The Hall–Kier alpha value is -1.67. The van der Waals surface area contributed by atoms with Crippen LogP contribution in [-0.2, 0) is 6.54 Å². The van der Waals surface area contributed by atoms with E-state index in [1.807, 2.05) is 0 Å². The molecule has 0 aliphatic carbocycles. The number of halogens is 4. The van der Waals surface area contributed by atoms with Crippen LogP contribution in [0, 0.1) is 17.5 Å². The number of nitrogens with zero attached hydrogens (tertiary/aromatic N) is 4. The van der Waals surface area contributed by atoms with E-state index >= 15 is 0 Å². The molecule has 0 unspecified atom stereocenters. The Morgan fingerprint density at radius 2 is 1.88 bits per heavy atom. The molecule has 0 spiro atoms. The molecule has 1 aromatic carbocycles. The lowest BCUT2D eigenvalue weighted by atomic mass is 10.3. The van der Waals surface area contributed by atoms with Crippen LogP contribution >= 0.6 is 12.4 Å².